The normalized spacial score (nSPS) is 19.8. The second-order valence-electron chi connectivity index (χ2n) is 6.52. The molecule has 130 valence electrons. The van der Waals surface area contributed by atoms with E-state index < -0.39 is 0 Å². The van der Waals surface area contributed by atoms with E-state index in [-0.39, 0.29) is 17.9 Å². The lowest BCUT2D eigenvalue weighted by molar-refractivity contribution is -0.126. The predicted molar refractivity (Wildman–Crippen MR) is 96.3 cm³/mol. The Morgan fingerprint density at radius 1 is 1.12 bits per heavy atom. The Bertz CT molecular complexity index is 593. The Morgan fingerprint density at radius 2 is 1.75 bits per heavy atom. The molecule has 1 atom stereocenters. The molecule has 2 aliphatic rings. The molecule has 1 aliphatic carbocycles. The van der Waals surface area contributed by atoms with Gasteiger partial charge in [0.25, 0.3) is 5.91 Å². The molecule has 0 spiro atoms. The van der Waals surface area contributed by atoms with Crippen molar-refractivity contribution in [2.75, 3.05) is 32.4 Å². The zero-order chi connectivity index (χ0) is 17.1. The largest absolute Gasteiger partial charge is 0.352 e. The molecule has 24 heavy (non-hydrogen) atoms. The van der Waals surface area contributed by atoms with Crippen molar-refractivity contribution in [2.24, 2.45) is 0 Å². The molecule has 3 rings (SSSR count). The Kier molecular flexibility index (Phi) is 5.46. The lowest BCUT2D eigenvalue weighted by Gasteiger charge is -2.37. The second kappa shape index (κ2) is 7.57. The molecule has 1 saturated carbocycles. The monoisotopic (exact) mass is 347 g/mol. The first kappa shape index (κ1) is 17.3. The van der Waals surface area contributed by atoms with Crippen LogP contribution in [-0.2, 0) is 4.79 Å². The Labute approximate surface area is 147 Å². The molecule has 1 N–H and O–H groups in total. The number of thioether (sulfide) groups is 1. The molecule has 1 heterocycles. The van der Waals surface area contributed by atoms with Crippen molar-refractivity contribution in [3.8, 4) is 0 Å². The van der Waals surface area contributed by atoms with Gasteiger partial charge < -0.3 is 10.2 Å². The highest BCUT2D eigenvalue weighted by atomic mass is 32.2. The number of piperazine rings is 1. The van der Waals surface area contributed by atoms with E-state index in [0.29, 0.717) is 19.1 Å². The fourth-order valence-electron chi connectivity index (χ4n) is 2.94. The third-order valence-corrected chi connectivity index (χ3v) is 5.53. The van der Waals surface area contributed by atoms with Crippen LogP contribution in [0.5, 0.6) is 0 Å². The summed E-state index contributed by atoms with van der Waals surface area (Å²) in [5, 5.41) is 3.06. The number of carbonyl (C=O) groups excluding carboxylic acids is 2. The summed E-state index contributed by atoms with van der Waals surface area (Å²) in [5.41, 5.74) is 0.737. The highest BCUT2D eigenvalue weighted by Gasteiger charge is 2.31. The first-order valence-corrected chi connectivity index (χ1v) is 9.78. The fraction of sp³-hybridized carbons (Fsp3) is 0.556. The number of hydrogen-bond acceptors (Lipinski definition) is 4. The van der Waals surface area contributed by atoms with Gasteiger partial charge in [-0.2, -0.15) is 0 Å². The number of nitrogens with one attached hydrogen (secondary N) is 1. The zero-order valence-electron chi connectivity index (χ0n) is 14.3. The van der Waals surface area contributed by atoms with Gasteiger partial charge in [-0.15, -0.1) is 11.8 Å². The molecular weight excluding hydrogens is 322 g/mol. The van der Waals surface area contributed by atoms with Crippen LogP contribution in [0.15, 0.2) is 29.2 Å². The summed E-state index contributed by atoms with van der Waals surface area (Å²) in [6.07, 6.45) is 4.24. The summed E-state index contributed by atoms with van der Waals surface area (Å²) in [4.78, 5) is 29.9. The first-order valence-electron chi connectivity index (χ1n) is 8.56. The van der Waals surface area contributed by atoms with E-state index in [2.05, 4.69) is 10.2 Å². The van der Waals surface area contributed by atoms with E-state index in [1.165, 1.54) is 0 Å². The molecular formula is C18H25N3O2S. The average molecular weight is 347 g/mol. The molecule has 1 unspecified atom stereocenters. The highest BCUT2D eigenvalue weighted by Crippen LogP contribution is 2.20. The van der Waals surface area contributed by atoms with Gasteiger partial charge in [0.15, 0.2) is 0 Å². The van der Waals surface area contributed by atoms with Crippen LogP contribution in [0.1, 0.15) is 30.1 Å². The lowest BCUT2D eigenvalue weighted by Crippen LogP contribution is -2.55. The van der Waals surface area contributed by atoms with E-state index in [0.717, 1.165) is 36.4 Å². The Balaban J connectivity index is 1.51. The first-order chi connectivity index (χ1) is 11.6. The van der Waals surface area contributed by atoms with E-state index in [1.54, 1.807) is 11.8 Å². The second-order valence-corrected chi connectivity index (χ2v) is 7.40. The molecule has 0 radical (unpaired) electrons. The van der Waals surface area contributed by atoms with Gasteiger partial charge in [-0.05, 0) is 50.3 Å². The van der Waals surface area contributed by atoms with Gasteiger partial charge in [-0.3, -0.25) is 14.5 Å². The van der Waals surface area contributed by atoms with E-state index in [1.807, 2.05) is 42.3 Å². The Morgan fingerprint density at radius 3 is 2.29 bits per heavy atom. The minimum Gasteiger partial charge on any atom is -0.352 e. The molecule has 1 saturated heterocycles. The quantitative estimate of drug-likeness (QED) is 0.826. The summed E-state index contributed by atoms with van der Waals surface area (Å²) in [7, 11) is 0. The zero-order valence-corrected chi connectivity index (χ0v) is 15.1. The van der Waals surface area contributed by atoms with E-state index in [4.69, 9.17) is 0 Å². The molecule has 2 fully saturated rings. The summed E-state index contributed by atoms with van der Waals surface area (Å²) in [6.45, 7) is 4.78. The van der Waals surface area contributed by atoms with Crippen molar-refractivity contribution in [3.05, 3.63) is 29.8 Å². The standard InChI is InChI=1S/C18H25N3O2S/c1-13(17(22)19-15-5-6-15)20-9-11-21(12-10-20)18(23)14-3-7-16(24-2)8-4-14/h3-4,7-8,13,15H,5-6,9-12H2,1-2H3,(H,19,22). The minimum absolute atomic E-state index is 0.0809. The third kappa shape index (κ3) is 4.11. The Hall–Kier alpha value is -1.53. The molecule has 0 bridgehead atoms. The van der Waals surface area contributed by atoms with Crippen LogP contribution >= 0.6 is 11.8 Å². The van der Waals surface area contributed by atoms with Gasteiger partial charge in [0, 0.05) is 42.7 Å². The molecule has 6 heteroatoms. The average Bonchev–Trinajstić information content (AvgIpc) is 3.44. The highest BCUT2D eigenvalue weighted by molar-refractivity contribution is 7.98. The smallest absolute Gasteiger partial charge is 0.253 e. The van der Waals surface area contributed by atoms with Crippen LogP contribution in [0.2, 0.25) is 0 Å². The third-order valence-electron chi connectivity index (χ3n) is 4.79. The number of hydrogen-bond donors (Lipinski definition) is 1. The van der Waals surface area contributed by atoms with Crippen LogP contribution in [0.25, 0.3) is 0 Å². The number of carbonyl (C=O) groups is 2. The maximum Gasteiger partial charge on any atom is 0.253 e. The van der Waals surface area contributed by atoms with Gasteiger partial charge in [0.1, 0.15) is 0 Å². The van der Waals surface area contributed by atoms with Crippen molar-refractivity contribution >= 4 is 23.6 Å². The van der Waals surface area contributed by atoms with Crippen molar-refractivity contribution in [2.45, 2.75) is 36.7 Å². The molecule has 1 aromatic rings. The number of rotatable bonds is 5. The van der Waals surface area contributed by atoms with Gasteiger partial charge >= 0.3 is 0 Å². The molecule has 2 amide bonds. The van der Waals surface area contributed by atoms with E-state index in [9.17, 15) is 9.59 Å². The van der Waals surface area contributed by atoms with Crippen LogP contribution in [0, 0.1) is 0 Å². The summed E-state index contributed by atoms with van der Waals surface area (Å²) >= 11 is 1.67. The maximum atomic E-state index is 12.6. The van der Waals surface area contributed by atoms with Gasteiger partial charge in [0.2, 0.25) is 5.91 Å². The minimum atomic E-state index is -0.122. The topological polar surface area (TPSA) is 52.7 Å². The maximum absolute atomic E-state index is 12.6. The summed E-state index contributed by atoms with van der Waals surface area (Å²) < 4.78 is 0. The van der Waals surface area contributed by atoms with Crippen molar-refractivity contribution < 1.29 is 9.59 Å². The van der Waals surface area contributed by atoms with Gasteiger partial charge in [-0.1, -0.05) is 0 Å². The summed E-state index contributed by atoms with van der Waals surface area (Å²) in [5.74, 6) is 0.197. The SMILES string of the molecule is CSc1ccc(C(=O)N2CCN(C(C)C(=O)NC3CC3)CC2)cc1. The van der Waals surface area contributed by atoms with Crippen molar-refractivity contribution in [3.63, 3.8) is 0 Å². The number of amides is 2. The molecule has 0 aromatic heterocycles. The van der Waals surface area contributed by atoms with E-state index >= 15 is 0 Å². The number of nitrogens with zero attached hydrogens (tertiary/aromatic N) is 2. The fourth-order valence-corrected chi connectivity index (χ4v) is 3.35. The van der Waals surface area contributed by atoms with Gasteiger partial charge in [-0.25, -0.2) is 0 Å². The summed E-state index contributed by atoms with van der Waals surface area (Å²) in [6, 6.07) is 8.03. The van der Waals surface area contributed by atoms with Crippen molar-refractivity contribution in [1.29, 1.82) is 0 Å². The number of benzene rings is 1. The van der Waals surface area contributed by atoms with Crippen LogP contribution in [0.3, 0.4) is 0 Å². The van der Waals surface area contributed by atoms with Crippen LogP contribution in [0.4, 0.5) is 0 Å². The molecule has 1 aliphatic heterocycles. The predicted octanol–water partition coefficient (Wildman–Crippen LogP) is 1.83. The van der Waals surface area contributed by atoms with Crippen LogP contribution < -0.4 is 5.32 Å². The lowest BCUT2D eigenvalue weighted by atomic mass is 10.1. The van der Waals surface area contributed by atoms with Crippen LogP contribution in [-0.4, -0.2) is 66.1 Å². The van der Waals surface area contributed by atoms with Gasteiger partial charge in [0.05, 0.1) is 6.04 Å². The van der Waals surface area contributed by atoms with Crippen molar-refractivity contribution in [1.82, 2.24) is 15.1 Å². The molecule has 5 nitrogen and oxygen atoms in total. The molecule has 1 aromatic carbocycles.